The smallest absolute Gasteiger partial charge is 0.257 e. The van der Waals surface area contributed by atoms with Crippen molar-refractivity contribution in [1.82, 2.24) is 25.4 Å². The molecule has 0 amide bonds. The van der Waals surface area contributed by atoms with Gasteiger partial charge in [-0.15, -0.1) is 0 Å². The maximum absolute atomic E-state index is 5.32. The molecule has 1 saturated carbocycles. The largest absolute Gasteiger partial charge is 0.370 e. The molecule has 38 heavy (non-hydrogen) atoms. The van der Waals surface area contributed by atoms with Crippen LogP contribution in [0.5, 0.6) is 0 Å². The second kappa shape index (κ2) is 11.3. The molecule has 6 rings (SSSR count). The summed E-state index contributed by atoms with van der Waals surface area (Å²) in [7, 11) is 0. The highest BCUT2D eigenvalue weighted by Crippen LogP contribution is 2.27. The third-order valence-corrected chi connectivity index (χ3v) is 7.68. The molecule has 1 aliphatic carbocycles. The van der Waals surface area contributed by atoms with Gasteiger partial charge in [-0.3, -0.25) is 0 Å². The van der Waals surface area contributed by atoms with Gasteiger partial charge in [0.15, 0.2) is 5.82 Å². The standard InChI is InChI=1S/C30H35N7O/c1-21-32-29(38-36-21)23-13-15-25(16-14-23)37-19-7-10-24(20-37)33-27-11-5-6-12-28(27)35-30-31-18-17-26(34-30)22-8-3-2-4-9-22/h2-4,8-9,13-18,24,27-28,33H,5-7,10-12,19-20H2,1H3,(H,31,34,35)/t24-,27+,28+/m0/s1. The zero-order valence-electron chi connectivity index (χ0n) is 21.9. The summed E-state index contributed by atoms with van der Waals surface area (Å²) in [6.07, 6.45) is 9.01. The van der Waals surface area contributed by atoms with Crippen LogP contribution < -0.4 is 15.5 Å². The van der Waals surface area contributed by atoms with Crippen molar-refractivity contribution in [2.45, 2.75) is 63.6 Å². The summed E-state index contributed by atoms with van der Waals surface area (Å²) in [5.74, 6) is 1.94. The number of hydrogen-bond acceptors (Lipinski definition) is 8. The van der Waals surface area contributed by atoms with Crippen molar-refractivity contribution in [2.75, 3.05) is 23.3 Å². The summed E-state index contributed by atoms with van der Waals surface area (Å²) in [5.41, 5.74) is 4.25. The molecule has 1 saturated heterocycles. The molecule has 3 atom stereocenters. The van der Waals surface area contributed by atoms with Gasteiger partial charge in [-0.1, -0.05) is 48.3 Å². The number of piperidine rings is 1. The fourth-order valence-corrected chi connectivity index (χ4v) is 5.75. The van der Waals surface area contributed by atoms with Crippen LogP contribution in [0.2, 0.25) is 0 Å². The Morgan fingerprint density at radius 2 is 1.66 bits per heavy atom. The molecule has 2 fully saturated rings. The van der Waals surface area contributed by atoms with E-state index in [0.717, 1.165) is 36.3 Å². The highest BCUT2D eigenvalue weighted by atomic mass is 16.5. The topological polar surface area (TPSA) is 92.0 Å². The molecule has 0 radical (unpaired) electrons. The maximum atomic E-state index is 5.32. The van der Waals surface area contributed by atoms with Crippen LogP contribution in [-0.2, 0) is 0 Å². The maximum Gasteiger partial charge on any atom is 0.257 e. The summed E-state index contributed by atoms with van der Waals surface area (Å²) in [6.45, 7) is 3.91. The van der Waals surface area contributed by atoms with Gasteiger partial charge in [0.25, 0.3) is 5.89 Å². The highest BCUT2D eigenvalue weighted by Gasteiger charge is 2.30. The first-order valence-corrected chi connectivity index (χ1v) is 13.8. The average molecular weight is 510 g/mol. The average Bonchev–Trinajstić information content (AvgIpc) is 3.41. The lowest BCUT2D eigenvalue weighted by Gasteiger charge is -2.40. The van der Waals surface area contributed by atoms with Crippen LogP contribution in [0.4, 0.5) is 11.6 Å². The predicted molar refractivity (Wildman–Crippen MR) is 150 cm³/mol. The van der Waals surface area contributed by atoms with Gasteiger partial charge in [-0.05, 0) is 62.9 Å². The molecule has 8 heteroatoms. The first-order valence-electron chi connectivity index (χ1n) is 13.8. The summed E-state index contributed by atoms with van der Waals surface area (Å²) >= 11 is 0. The molecule has 0 unspecified atom stereocenters. The van der Waals surface area contributed by atoms with E-state index in [1.165, 1.54) is 37.8 Å². The number of hydrogen-bond donors (Lipinski definition) is 2. The Morgan fingerprint density at radius 1 is 0.842 bits per heavy atom. The second-order valence-corrected chi connectivity index (χ2v) is 10.4. The number of rotatable bonds is 7. The van der Waals surface area contributed by atoms with Crippen LogP contribution in [0, 0.1) is 6.92 Å². The monoisotopic (exact) mass is 509 g/mol. The van der Waals surface area contributed by atoms with Crippen molar-refractivity contribution in [3.8, 4) is 22.7 Å². The molecule has 3 heterocycles. The van der Waals surface area contributed by atoms with Crippen LogP contribution in [-0.4, -0.2) is 51.3 Å². The second-order valence-electron chi connectivity index (χ2n) is 10.4. The molecule has 4 aromatic rings. The van der Waals surface area contributed by atoms with Gasteiger partial charge in [0.2, 0.25) is 5.95 Å². The van der Waals surface area contributed by atoms with Crippen molar-refractivity contribution < 1.29 is 4.52 Å². The SMILES string of the molecule is Cc1noc(-c2ccc(N3CCC[C@H](N[C@@H]4CCCC[C@H]4Nc4nccc(-c5ccccc5)n4)C3)cc2)n1. The fraction of sp³-hybridized carbons (Fsp3) is 0.400. The molecule has 196 valence electrons. The number of benzene rings is 2. The first kappa shape index (κ1) is 24.6. The van der Waals surface area contributed by atoms with E-state index in [2.05, 4.69) is 67.1 Å². The third kappa shape index (κ3) is 5.70. The lowest BCUT2D eigenvalue weighted by molar-refractivity contribution is 0.293. The minimum atomic E-state index is 0.322. The zero-order valence-corrected chi connectivity index (χ0v) is 21.9. The number of aromatic nitrogens is 4. The quantitative estimate of drug-likeness (QED) is 0.338. The summed E-state index contributed by atoms with van der Waals surface area (Å²) in [4.78, 5) is 16.2. The molecule has 0 bridgehead atoms. The molecule has 2 N–H and O–H groups in total. The molecule has 1 aliphatic heterocycles. The zero-order chi connectivity index (χ0) is 25.7. The van der Waals surface area contributed by atoms with E-state index in [9.17, 15) is 0 Å². The first-order chi connectivity index (χ1) is 18.7. The summed E-state index contributed by atoms with van der Waals surface area (Å²) in [5, 5.41) is 11.6. The fourth-order valence-electron chi connectivity index (χ4n) is 5.75. The lowest BCUT2D eigenvalue weighted by Crippen LogP contribution is -2.55. The van der Waals surface area contributed by atoms with E-state index in [0.29, 0.717) is 35.8 Å². The number of nitrogens with zero attached hydrogens (tertiary/aromatic N) is 5. The third-order valence-electron chi connectivity index (χ3n) is 7.68. The van der Waals surface area contributed by atoms with E-state index in [1.54, 1.807) is 0 Å². The van der Waals surface area contributed by atoms with Gasteiger partial charge in [0.05, 0.1) is 5.69 Å². The summed E-state index contributed by atoms with van der Waals surface area (Å²) < 4.78 is 5.32. The molecule has 2 aliphatic rings. The van der Waals surface area contributed by atoms with Crippen LogP contribution in [0.3, 0.4) is 0 Å². The molecule has 8 nitrogen and oxygen atoms in total. The number of anilines is 2. The minimum absolute atomic E-state index is 0.322. The van der Waals surface area contributed by atoms with Crippen molar-refractivity contribution in [2.24, 2.45) is 0 Å². The van der Waals surface area contributed by atoms with Crippen LogP contribution >= 0.6 is 0 Å². The van der Waals surface area contributed by atoms with Gasteiger partial charge < -0.3 is 20.1 Å². The van der Waals surface area contributed by atoms with Gasteiger partial charge >= 0.3 is 0 Å². The van der Waals surface area contributed by atoms with Gasteiger partial charge in [-0.2, -0.15) is 4.98 Å². The Kier molecular flexibility index (Phi) is 7.31. The van der Waals surface area contributed by atoms with Crippen molar-refractivity contribution >= 4 is 11.6 Å². The van der Waals surface area contributed by atoms with E-state index < -0.39 is 0 Å². The Hall–Kier alpha value is -3.78. The Balaban J connectivity index is 1.10. The van der Waals surface area contributed by atoms with Crippen LogP contribution in [0.15, 0.2) is 71.4 Å². The predicted octanol–water partition coefficient (Wildman–Crippen LogP) is 5.48. The van der Waals surface area contributed by atoms with Gasteiger partial charge in [0, 0.05) is 54.2 Å². The van der Waals surface area contributed by atoms with Crippen LogP contribution in [0.25, 0.3) is 22.7 Å². The minimum Gasteiger partial charge on any atom is -0.370 e. The molecule has 2 aromatic heterocycles. The highest BCUT2D eigenvalue weighted by molar-refractivity contribution is 5.60. The van der Waals surface area contributed by atoms with E-state index >= 15 is 0 Å². The van der Waals surface area contributed by atoms with E-state index in [-0.39, 0.29) is 0 Å². The molecule has 2 aromatic carbocycles. The Labute approximate surface area is 223 Å². The summed E-state index contributed by atoms with van der Waals surface area (Å²) in [6, 6.07) is 21.9. The normalized spacial score (nSPS) is 21.8. The van der Waals surface area contributed by atoms with Gasteiger partial charge in [-0.25, -0.2) is 9.97 Å². The number of nitrogens with one attached hydrogen (secondary N) is 2. The van der Waals surface area contributed by atoms with E-state index in [4.69, 9.17) is 9.51 Å². The van der Waals surface area contributed by atoms with Crippen LogP contribution in [0.1, 0.15) is 44.3 Å². The molecule has 0 spiro atoms. The Bertz CT molecular complexity index is 1320. The molecular formula is C30H35N7O. The van der Waals surface area contributed by atoms with Crippen molar-refractivity contribution in [3.63, 3.8) is 0 Å². The van der Waals surface area contributed by atoms with E-state index in [1.807, 2.05) is 37.4 Å². The van der Waals surface area contributed by atoms with Crippen molar-refractivity contribution in [1.29, 1.82) is 0 Å². The Morgan fingerprint density at radius 3 is 2.45 bits per heavy atom. The number of aryl methyl sites for hydroxylation is 1. The lowest BCUT2D eigenvalue weighted by atomic mass is 9.89. The van der Waals surface area contributed by atoms with Crippen molar-refractivity contribution in [3.05, 3.63) is 72.7 Å². The van der Waals surface area contributed by atoms with Gasteiger partial charge in [0.1, 0.15) is 0 Å². The molecular weight excluding hydrogens is 474 g/mol.